The summed E-state index contributed by atoms with van der Waals surface area (Å²) in [6, 6.07) is 4.06. The van der Waals surface area contributed by atoms with Crippen LogP contribution in [0.4, 0.5) is 4.39 Å². The number of carbonyl (C=O) groups excluding carboxylic acids is 1. The molecule has 0 N–H and O–H groups in total. The number of rotatable bonds is 3. The highest BCUT2D eigenvalue weighted by Crippen LogP contribution is 2.43. The number of fused-ring (bicyclic) bond motifs is 1. The average Bonchev–Trinajstić information content (AvgIpc) is 3.60. The van der Waals surface area contributed by atoms with E-state index in [-0.39, 0.29) is 23.5 Å². The third-order valence-corrected chi connectivity index (χ3v) is 7.72. The first kappa shape index (κ1) is 23.3. The second-order valence-corrected chi connectivity index (χ2v) is 9.81. The highest BCUT2D eigenvalue weighted by atomic mass is 19.1. The summed E-state index contributed by atoms with van der Waals surface area (Å²) in [4.78, 5) is 20.3. The smallest absolute Gasteiger partial charge is 0.312 e. The fourth-order valence-electron chi connectivity index (χ4n) is 5.20. The molecule has 0 aliphatic carbocycles. The second kappa shape index (κ2) is 8.75. The van der Waals surface area contributed by atoms with Crippen LogP contribution in [-0.2, 0) is 7.05 Å². The molecule has 0 radical (unpaired) electrons. The fourth-order valence-corrected chi connectivity index (χ4v) is 5.20. The van der Waals surface area contributed by atoms with Crippen LogP contribution in [0.1, 0.15) is 54.8 Å². The summed E-state index contributed by atoms with van der Waals surface area (Å²) in [5.74, 6) is 0.000262. The predicted molar refractivity (Wildman–Crippen MR) is 133 cm³/mol. The van der Waals surface area contributed by atoms with Crippen molar-refractivity contribution in [3.05, 3.63) is 65.0 Å². The third kappa shape index (κ3) is 3.76. The number of carbonyl (C=O) groups is 1. The molecule has 0 saturated heterocycles. The van der Waals surface area contributed by atoms with Gasteiger partial charge in [-0.2, -0.15) is 10.2 Å². The summed E-state index contributed by atoms with van der Waals surface area (Å²) in [5.41, 5.74) is 4.36. The van der Waals surface area contributed by atoms with Crippen LogP contribution in [0.2, 0.25) is 0 Å². The van der Waals surface area contributed by atoms with E-state index in [1.165, 1.54) is 16.2 Å². The molecule has 4 aromatic heterocycles. The molecule has 10 nitrogen and oxygen atoms in total. The Balaban J connectivity index is 1.45. The maximum absolute atomic E-state index is 14.6. The van der Waals surface area contributed by atoms with Crippen LogP contribution in [0, 0.1) is 24.6 Å². The predicted octanol–water partition coefficient (Wildman–Crippen LogP) is 4.15. The van der Waals surface area contributed by atoms with Gasteiger partial charge in [-0.1, -0.05) is 13.8 Å². The molecule has 4 aromatic rings. The third-order valence-electron chi connectivity index (χ3n) is 7.72. The van der Waals surface area contributed by atoms with Gasteiger partial charge in [0.1, 0.15) is 17.4 Å². The maximum Gasteiger partial charge on any atom is 0.312 e. The summed E-state index contributed by atoms with van der Waals surface area (Å²) >= 11 is 0. The number of amides is 1. The van der Waals surface area contributed by atoms with Crippen LogP contribution >= 0.6 is 0 Å². The van der Waals surface area contributed by atoms with Gasteiger partial charge in [-0.05, 0) is 55.4 Å². The molecule has 3 atom stereocenters. The number of hydrogen-bond acceptors (Lipinski definition) is 7. The first-order valence-corrected chi connectivity index (χ1v) is 12.4. The zero-order valence-electron chi connectivity index (χ0n) is 21.1. The molecule has 0 aromatic carbocycles. The number of nitrogens with zero attached hydrogens (tertiary/aromatic N) is 8. The molecular formula is C26H27FN8O2. The van der Waals surface area contributed by atoms with Crippen molar-refractivity contribution < 1.29 is 13.6 Å². The summed E-state index contributed by atoms with van der Waals surface area (Å²) in [6.07, 6.45) is 6.74. The van der Waals surface area contributed by atoms with Crippen molar-refractivity contribution in [1.82, 2.24) is 34.5 Å². The summed E-state index contributed by atoms with van der Waals surface area (Å²) in [5, 5.41) is 17.0. The molecule has 6 heterocycles. The van der Waals surface area contributed by atoms with E-state index in [2.05, 4.69) is 34.2 Å². The number of aryl methyl sites for hydroxylation is 1. The lowest BCUT2D eigenvalue weighted by Crippen LogP contribution is -2.41. The van der Waals surface area contributed by atoms with E-state index in [1.807, 2.05) is 20.2 Å². The Kier molecular flexibility index (Phi) is 5.50. The van der Waals surface area contributed by atoms with Crippen LogP contribution < -0.4 is 0 Å². The molecule has 0 fully saturated rings. The van der Waals surface area contributed by atoms with Gasteiger partial charge < -0.3 is 9.32 Å². The van der Waals surface area contributed by atoms with E-state index in [1.54, 1.807) is 34.1 Å². The zero-order valence-corrected chi connectivity index (χ0v) is 21.1. The zero-order chi connectivity index (χ0) is 25.8. The van der Waals surface area contributed by atoms with Gasteiger partial charge in [0.15, 0.2) is 0 Å². The summed E-state index contributed by atoms with van der Waals surface area (Å²) in [6.45, 7) is 6.72. The van der Waals surface area contributed by atoms with Crippen LogP contribution in [0.5, 0.6) is 0 Å². The molecule has 0 bridgehead atoms. The minimum atomic E-state index is -0.616. The first-order chi connectivity index (χ1) is 17.8. The Bertz CT molecular complexity index is 1580. The average molecular weight is 503 g/mol. The van der Waals surface area contributed by atoms with E-state index < -0.39 is 11.9 Å². The van der Waals surface area contributed by atoms with Crippen LogP contribution in [0.3, 0.4) is 0 Å². The van der Waals surface area contributed by atoms with Gasteiger partial charge in [0.25, 0.3) is 5.89 Å². The number of aromatic nitrogens is 6. The van der Waals surface area contributed by atoms with Crippen molar-refractivity contribution in [2.75, 3.05) is 6.54 Å². The SMILES string of the molecule is Cc1c(-c2nnc(C(=O)N3CCC4=C(N=CCC(C)C4C)[C@@H]3c3cc4c(F)cccn4n3)o2)cnn1C. The van der Waals surface area contributed by atoms with E-state index in [0.717, 1.165) is 17.8 Å². The Morgan fingerprint density at radius 2 is 2.08 bits per heavy atom. The normalized spacial score (nSPS) is 22.0. The molecule has 2 unspecified atom stereocenters. The lowest BCUT2D eigenvalue weighted by molar-refractivity contribution is 0.0642. The second-order valence-electron chi connectivity index (χ2n) is 9.81. The summed E-state index contributed by atoms with van der Waals surface area (Å²) < 4.78 is 23.6. The molecule has 1 amide bonds. The number of halogens is 1. The highest BCUT2D eigenvalue weighted by Gasteiger charge is 2.40. The van der Waals surface area contributed by atoms with Crippen molar-refractivity contribution in [3.63, 3.8) is 0 Å². The number of aliphatic imine (C=N–C) groups is 1. The topological polar surface area (TPSA) is 107 Å². The molecule has 2 aliphatic heterocycles. The summed E-state index contributed by atoms with van der Waals surface area (Å²) in [7, 11) is 1.82. The van der Waals surface area contributed by atoms with Gasteiger partial charge in [0.05, 0.1) is 23.2 Å². The standard InChI is InChI=1S/C26H27FN8O2/c1-14-7-9-28-22-17(15(14)2)8-11-34(23(22)20-12-21-19(27)6-5-10-35(21)32-20)26(36)25-31-30-24(37-25)18-13-29-33(4)16(18)3/h5-6,9-10,12-15,23H,7-8,11H2,1-4H3/t14?,15?,23-/m0/s1. The van der Waals surface area contributed by atoms with Crippen molar-refractivity contribution in [3.8, 4) is 11.5 Å². The van der Waals surface area contributed by atoms with Gasteiger partial charge in [-0.15, -0.1) is 10.2 Å². The van der Waals surface area contributed by atoms with Crippen LogP contribution in [0.15, 0.2) is 51.3 Å². The van der Waals surface area contributed by atoms with Crippen molar-refractivity contribution in [2.45, 2.75) is 39.7 Å². The lowest BCUT2D eigenvalue weighted by atomic mass is 9.81. The molecule has 37 heavy (non-hydrogen) atoms. The fraction of sp³-hybridized carbons (Fsp3) is 0.385. The lowest BCUT2D eigenvalue weighted by Gasteiger charge is -2.37. The van der Waals surface area contributed by atoms with Gasteiger partial charge in [0, 0.05) is 31.7 Å². The molecule has 11 heteroatoms. The molecule has 2 aliphatic rings. The molecule has 0 spiro atoms. The Morgan fingerprint density at radius 3 is 2.84 bits per heavy atom. The minimum absolute atomic E-state index is 0.124. The molecular weight excluding hydrogens is 475 g/mol. The van der Waals surface area contributed by atoms with Gasteiger partial charge in [-0.3, -0.25) is 14.5 Å². The Morgan fingerprint density at radius 1 is 1.24 bits per heavy atom. The van der Waals surface area contributed by atoms with Crippen molar-refractivity contribution in [2.24, 2.45) is 23.9 Å². The largest absolute Gasteiger partial charge is 0.412 e. The van der Waals surface area contributed by atoms with E-state index in [9.17, 15) is 9.18 Å². The van der Waals surface area contributed by atoms with Crippen LogP contribution in [0.25, 0.3) is 17.0 Å². The van der Waals surface area contributed by atoms with Crippen molar-refractivity contribution in [1.29, 1.82) is 0 Å². The first-order valence-electron chi connectivity index (χ1n) is 12.4. The van der Waals surface area contributed by atoms with E-state index >= 15 is 0 Å². The van der Waals surface area contributed by atoms with Crippen molar-refractivity contribution >= 4 is 17.6 Å². The molecule has 6 rings (SSSR count). The quantitative estimate of drug-likeness (QED) is 0.417. The Hall–Kier alpha value is -4.15. The molecule has 190 valence electrons. The van der Waals surface area contributed by atoms with Gasteiger partial charge >= 0.3 is 11.8 Å². The molecule has 0 saturated carbocycles. The Labute approximate surface area is 212 Å². The maximum atomic E-state index is 14.6. The minimum Gasteiger partial charge on any atom is -0.412 e. The van der Waals surface area contributed by atoms with E-state index in [4.69, 9.17) is 9.41 Å². The number of pyridine rings is 1. The highest BCUT2D eigenvalue weighted by molar-refractivity contribution is 5.90. The van der Waals surface area contributed by atoms with Gasteiger partial charge in [0.2, 0.25) is 0 Å². The number of hydrogen-bond donors (Lipinski definition) is 0. The van der Waals surface area contributed by atoms with Crippen LogP contribution in [-0.4, -0.2) is 53.2 Å². The van der Waals surface area contributed by atoms with Gasteiger partial charge in [-0.25, -0.2) is 8.91 Å². The monoisotopic (exact) mass is 502 g/mol. The van der Waals surface area contributed by atoms with E-state index in [0.29, 0.717) is 35.7 Å².